The lowest BCUT2D eigenvalue weighted by Gasteiger charge is -2.40. The first kappa shape index (κ1) is 23.5. The van der Waals surface area contributed by atoms with Crippen LogP contribution in [0.25, 0.3) is 0 Å². The molecule has 0 unspecified atom stereocenters. The number of fused-ring (bicyclic) bond motifs is 1. The van der Waals surface area contributed by atoms with E-state index in [0.29, 0.717) is 37.4 Å². The van der Waals surface area contributed by atoms with Crippen LogP contribution in [-0.4, -0.2) is 52.6 Å². The van der Waals surface area contributed by atoms with Crippen LogP contribution in [0.1, 0.15) is 50.8 Å². The van der Waals surface area contributed by atoms with Crippen LogP contribution in [0.3, 0.4) is 0 Å². The van der Waals surface area contributed by atoms with Gasteiger partial charge in [0.15, 0.2) is 0 Å². The Morgan fingerprint density at radius 1 is 1.21 bits per heavy atom. The van der Waals surface area contributed by atoms with Crippen LogP contribution in [0.2, 0.25) is 0 Å². The van der Waals surface area contributed by atoms with Gasteiger partial charge in [-0.15, -0.1) is 0 Å². The van der Waals surface area contributed by atoms with Crippen LogP contribution in [0.15, 0.2) is 42.6 Å². The monoisotopic (exact) mass is 454 g/mol. The van der Waals surface area contributed by atoms with E-state index in [1.54, 1.807) is 6.07 Å². The number of carbonyl (C=O) groups is 1. The number of amides is 2. The summed E-state index contributed by atoms with van der Waals surface area (Å²) in [5, 5.41) is 3.09. The Bertz CT molecular complexity index is 904. The molecule has 33 heavy (non-hydrogen) atoms. The molecule has 0 bridgehead atoms. The van der Waals surface area contributed by atoms with Gasteiger partial charge in [0.25, 0.3) is 0 Å². The Morgan fingerprint density at radius 3 is 2.76 bits per heavy atom. The van der Waals surface area contributed by atoms with Crippen molar-refractivity contribution in [3.05, 3.63) is 59.7 Å². The Morgan fingerprint density at radius 2 is 2.03 bits per heavy atom. The number of hydrogen-bond donors (Lipinski definition) is 1. The lowest BCUT2D eigenvalue weighted by atomic mass is 9.96. The maximum absolute atomic E-state index is 13.3. The number of halogens is 1. The van der Waals surface area contributed by atoms with Gasteiger partial charge in [0, 0.05) is 25.2 Å². The molecular formula is C26H35FN4O2. The SMILES string of the molecule is CC(C)COc1ccc(CNC(=O)N(Cc2ccc(F)cn2)[C@@H]2CCN3CCC[C@@H]3C2)cc1. The van der Waals surface area contributed by atoms with Gasteiger partial charge in [-0.25, -0.2) is 9.18 Å². The fourth-order valence-electron chi connectivity index (χ4n) is 4.77. The van der Waals surface area contributed by atoms with Crippen molar-refractivity contribution >= 4 is 6.03 Å². The van der Waals surface area contributed by atoms with Crippen molar-refractivity contribution in [1.82, 2.24) is 20.1 Å². The minimum Gasteiger partial charge on any atom is -0.493 e. The number of carbonyl (C=O) groups excluding carboxylic acids is 1. The summed E-state index contributed by atoms with van der Waals surface area (Å²) in [6.45, 7) is 7.93. The van der Waals surface area contributed by atoms with E-state index in [1.807, 2.05) is 29.2 Å². The Labute approximate surface area is 196 Å². The number of rotatable bonds is 8. The average molecular weight is 455 g/mol. The fourth-order valence-corrected chi connectivity index (χ4v) is 4.77. The zero-order valence-electron chi connectivity index (χ0n) is 19.7. The van der Waals surface area contributed by atoms with Gasteiger partial charge in [0.05, 0.1) is 25.0 Å². The van der Waals surface area contributed by atoms with Crippen molar-refractivity contribution in [2.45, 2.75) is 64.7 Å². The van der Waals surface area contributed by atoms with Crippen molar-refractivity contribution in [3.63, 3.8) is 0 Å². The van der Waals surface area contributed by atoms with Crippen molar-refractivity contribution < 1.29 is 13.9 Å². The standard InChI is InChI=1S/C26H35FN4O2/c1-19(2)18-33-25-9-5-20(6-10-25)15-29-26(32)31(17-22-8-7-21(27)16-28-22)24-11-13-30-12-3-4-23(30)14-24/h5-10,16,19,23-24H,3-4,11-15,17-18H2,1-2H3,(H,29,32)/t23-,24-/m1/s1. The van der Waals surface area contributed by atoms with Crippen molar-refractivity contribution in [2.75, 3.05) is 19.7 Å². The van der Waals surface area contributed by atoms with Crippen LogP contribution < -0.4 is 10.1 Å². The van der Waals surface area contributed by atoms with E-state index in [0.717, 1.165) is 30.7 Å². The second kappa shape index (κ2) is 11.0. The highest BCUT2D eigenvalue weighted by atomic mass is 19.1. The largest absolute Gasteiger partial charge is 0.493 e. The maximum atomic E-state index is 13.3. The van der Waals surface area contributed by atoms with Crippen LogP contribution in [0, 0.1) is 11.7 Å². The smallest absolute Gasteiger partial charge is 0.318 e. The van der Waals surface area contributed by atoms with Gasteiger partial charge >= 0.3 is 6.03 Å². The normalized spacial score (nSPS) is 20.5. The van der Waals surface area contributed by atoms with Gasteiger partial charge in [-0.2, -0.15) is 0 Å². The summed E-state index contributed by atoms with van der Waals surface area (Å²) in [5.74, 6) is 0.947. The maximum Gasteiger partial charge on any atom is 0.318 e. The van der Waals surface area contributed by atoms with E-state index in [-0.39, 0.29) is 17.9 Å². The molecule has 2 atom stereocenters. The molecule has 2 aliphatic heterocycles. The lowest BCUT2D eigenvalue weighted by molar-refractivity contribution is 0.0972. The third kappa shape index (κ3) is 6.44. The molecule has 1 N–H and O–H groups in total. The van der Waals surface area contributed by atoms with E-state index in [4.69, 9.17) is 4.74 Å². The Kier molecular flexibility index (Phi) is 7.81. The summed E-state index contributed by atoms with van der Waals surface area (Å²) in [6.07, 6.45) is 5.59. The van der Waals surface area contributed by atoms with Gasteiger partial charge in [-0.05, 0) is 68.0 Å². The number of hydrogen-bond acceptors (Lipinski definition) is 4. The quantitative estimate of drug-likeness (QED) is 0.634. The van der Waals surface area contributed by atoms with E-state index in [1.165, 1.54) is 31.6 Å². The highest BCUT2D eigenvalue weighted by molar-refractivity contribution is 5.74. The third-order valence-electron chi connectivity index (χ3n) is 6.57. The molecule has 2 aliphatic rings. The Balaban J connectivity index is 1.39. The first-order valence-corrected chi connectivity index (χ1v) is 12.1. The van der Waals surface area contributed by atoms with Gasteiger partial charge in [-0.3, -0.25) is 4.98 Å². The minimum atomic E-state index is -0.366. The Hall–Kier alpha value is -2.67. The first-order chi connectivity index (χ1) is 16.0. The van der Waals surface area contributed by atoms with Crippen LogP contribution in [0.4, 0.5) is 9.18 Å². The second-order valence-corrected chi connectivity index (χ2v) is 9.61. The van der Waals surface area contributed by atoms with Gasteiger partial charge < -0.3 is 19.9 Å². The molecule has 2 saturated heterocycles. The minimum absolute atomic E-state index is 0.0993. The highest BCUT2D eigenvalue weighted by Crippen LogP contribution is 2.30. The summed E-state index contributed by atoms with van der Waals surface area (Å²) in [4.78, 5) is 21.9. The van der Waals surface area contributed by atoms with E-state index in [2.05, 4.69) is 29.0 Å². The predicted octanol–water partition coefficient (Wildman–Crippen LogP) is 4.59. The number of piperidine rings is 1. The molecule has 2 aromatic rings. The summed E-state index contributed by atoms with van der Waals surface area (Å²) in [6, 6.07) is 11.5. The molecule has 7 heteroatoms. The van der Waals surface area contributed by atoms with Crippen molar-refractivity contribution in [2.24, 2.45) is 5.92 Å². The van der Waals surface area contributed by atoms with Gasteiger partial charge in [0.1, 0.15) is 11.6 Å². The molecule has 0 saturated carbocycles. The molecule has 3 heterocycles. The molecular weight excluding hydrogens is 419 g/mol. The number of ether oxygens (including phenoxy) is 1. The van der Waals surface area contributed by atoms with E-state index < -0.39 is 0 Å². The molecule has 0 radical (unpaired) electrons. The predicted molar refractivity (Wildman–Crippen MR) is 126 cm³/mol. The molecule has 178 valence electrons. The molecule has 1 aromatic heterocycles. The molecule has 2 amide bonds. The number of pyridine rings is 1. The lowest BCUT2D eigenvalue weighted by Crippen LogP contribution is -2.52. The van der Waals surface area contributed by atoms with E-state index >= 15 is 0 Å². The number of aromatic nitrogens is 1. The molecule has 0 aliphatic carbocycles. The molecule has 1 aromatic carbocycles. The van der Waals surface area contributed by atoms with E-state index in [9.17, 15) is 9.18 Å². The van der Waals surface area contributed by atoms with Gasteiger partial charge in [0.2, 0.25) is 0 Å². The van der Waals surface area contributed by atoms with Crippen molar-refractivity contribution in [3.8, 4) is 5.75 Å². The number of urea groups is 1. The first-order valence-electron chi connectivity index (χ1n) is 12.1. The average Bonchev–Trinajstić information content (AvgIpc) is 3.29. The third-order valence-corrected chi connectivity index (χ3v) is 6.57. The fraction of sp³-hybridized carbons (Fsp3) is 0.538. The van der Waals surface area contributed by atoms with Crippen LogP contribution in [-0.2, 0) is 13.1 Å². The zero-order chi connectivity index (χ0) is 23.2. The number of nitrogens with zero attached hydrogens (tertiary/aromatic N) is 3. The topological polar surface area (TPSA) is 57.7 Å². The second-order valence-electron chi connectivity index (χ2n) is 9.61. The van der Waals surface area contributed by atoms with Crippen LogP contribution in [0.5, 0.6) is 5.75 Å². The summed E-state index contributed by atoms with van der Waals surface area (Å²) in [5.41, 5.74) is 1.72. The molecule has 6 nitrogen and oxygen atoms in total. The zero-order valence-corrected chi connectivity index (χ0v) is 19.7. The molecule has 2 fully saturated rings. The molecule has 0 spiro atoms. The van der Waals surface area contributed by atoms with Gasteiger partial charge in [-0.1, -0.05) is 26.0 Å². The highest BCUT2D eigenvalue weighted by Gasteiger charge is 2.36. The summed E-state index contributed by atoms with van der Waals surface area (Å²) >= 11 is 0. The number of benzene rings is 1. The van der Waals surface area contributed by atoms with Crippen molar-refractivity contribution in [1.29, 1.82) is 0 Å². The summed E-state index contributed by atoms with van der Waals surface area (Å²) in [7, 11) is 0. The number of nitrogens with one attached hydrogen (secondary N) is 1. The molecule has 4 rings (SSSR count). The summed E-state index contributed by atoms with van der Waals surface area (Å²) < 4.78 is 19.1. The van der Waals surface area contributed by atoms with Crippen LogP contribution >= 0.6 is 0 Å².